The molecule has 1 aliphatic rings. The van der Waals surface area contributed by atoms with Crippen molar-refractivity contribution in [1.29, 1.82) is 0 Å². The average molecular weight is 2080 g/mol. The molecule has 0 saturated heterocycles. The molecule has 1 aromatic heterocycles. The van der Waals surface area contributed by atoms with Crippen LogP contribution in [0.5, 0.6) is 51.7 Å². The van der Waals surface area contributed by atoms with Crippen LogP contribution in [0.15, 0.2) is 108 Å². The Labute approximate surface area is 886 Å². The molecule has 4 aromatic carbocycles. The highest BCUT2D eigenvalue weighted by molar-refractivity contribution is 5.43. The Bertz CT molecular complexity index is 3340. The third kappa shape index (κ3) is 92.5. The minimum absolute atomic E-state index is 0.113. The van der Waals surface area contributed by atoms with E-state index in [1.165, 1.54) is 23.7 Å². The van der Waals surface area contributed by atoms with Gasteiger partial charge in [-0.15, -0.1) is 0 Å². The quantitative estimate of drug-likeness (QED) is 0.0327. The molecule has 0 unspecified atom stereocenters. The minimum atomic E-state index is -0.113. The van der Waals surface area contributed by atoms with Crippen molar-refractivity contribution in [3.8, 4) is 51.7 Å². The first-order chi connectivity index (χ1) is 69.4. The lowest BCUT2D eigenvalue weighted by atomic mass is 9.78. The zero-order chi connectivity index (χ0) is 110. The van der Waals surface area contributed by atoms with Crippen molar-refractivity contribution >= 4 is 0 Å². The van der Waals surface area contributed by atoms with Crippen molar-refractivity contribution < 1.29 is 137 Å². The number of furan rings is 1. The Morgan fingerprint density at radius 2 is 0.418 bits per heavy atom. The molecule has 146 heavy (non-hydrogen) atoms. The van der Waals surface area contributed by atoms with E-state index in [0.717, 1.165) is 81.3 Å². The van der Waals surface area contributed by atoms with Crippen molar-refractivity contribution in [1.82, 2.24) is 0 Å². The second-order valence-electron chi connectivity index (χ2n) is 39.3. The molecule has 1 fully saturated rings. The van der Waals surface area contributed by atoms with Crippen LogP contribution in [-0.2, 0) is 95.4 Å². The second-order valence-corrected chi connectivity index (χ2v) is 39.3. The van der Waals surface area contributed by atoms with Crippen LogP contribution in [0.2, 0.25) is 0 Å². The van der Waals surface area contributed by atoms with Gasteiger partial charge in [0.25, 0.3) is 0 Å². The van der Waals surface area contributed by atoms with Gasteiger partial charge in [0.05, 0.1) is 222 Å². The summed E-state index contributed by atoms with van der Waals surface area (Å²) in [6, 6.07) is 29.8. The monoisotopic (exact) mass is 2080 g/mol. The molecule has 0 N–H and O–H groups in total. The first kappa shape index (κ1) is 142. The Kier molecular flexibility index (Phi) is 90.6. The molecule has 0 amide bonds. The summed E-state index contributed by atoms with van der Waals surface area (Å²) in [6.07, 6.45) is 15.0. The lowest BCUT2D eigenvalue weighted by molar-refractivity contribution is -0.0657. The Morgan fingerprint density at radius 3 is 0.651 bits per heavy atom. The first-order valence-corrected chi connectivity index (χ1v) is 54.3. The number of unbranched alkanes of at least 4 members (excludes halogenated alkanes) is 1. The SMILES string of the molecule is CC(C)OC1CCC(OC(C)C)CC1.CC(C)OCCCCOC(C)C.CC(C)OCCOCCOCCOC(C)C.CC(C)OCCOc1cc(OCCOC(C)C)cc(OCCOC(C)C)c1.CC(C)OCCOc1ccc(C(C)(C)c2ccc(OCCOC(C)C)cc2)cc1.CC(C)OCCOc1cccc(OCCOC(C)C)c1.CC(C)OCCOc1cocc1OCCOC(C)C.CCOCCOC(C)C. The van der Waals surface area contributed by atoms with E-state index >= 15 is 0 Å². The molecule has 6 rings (SSSR count). The Morgan fingerprint density at radius 1 is 0.219 bits per heavy atom. The smallest absolute Gasteiger partial charge is 0.199 e. The molecule has 29 heteroatoms. The van der Waals surface area contributed by atoms with Crippen LogP contribution < -0.4 is 42.6 Å². The van der Waals surface area contributed by atoms with Gasteiger partial charge < -0.3 is 137 Å². The van der Waals surface area contributed by atoms with Crippen LogP contribution >= 0.6 is 0 Å². The van der Waals surface area contributed by atoms with Crippen molar-refractivity contribution in [3.63, 3.8) is 0 Å². The molecular formula is C117H210O29. The Hall–Kier alpha value is -6.40. The molecule has 852 valence electrons. The van der Waals surface area contributed by atoms with Crippen LogP contribution in [0.4, 0.5) is 0 Å². The minimum Gasteiger partial charge on any atom is -0.491 e. The van der Waals surface area contributed by atoms with Gasteiger partial charge in [0, 0.05) is 49.5 Å². The van der Waals surface area contributed by atoms with Crippen molar-refractivity contribution in [2.24, 2.45) is 0 Å². The molecule has 1 aliphatic carbocycles. The fourth-order valence-corrected chi connectivity index (χ4v) is 12.4. The lowest BCUT2D eigenvalue weighted by Gasteiger charge is -2.30. The average Bonchev–Trinajstić information content (AvgIpc) is 0.901. The summed E-state index contributed by atoms with van der Waals surface area (Å²) < 4.78 is 159. The van der Waals surface area contributed by atoms with Gasteiger partial charge in [-0.1, -0.05) is 44.2 Å². The zero-order valence-electron chi connectivity index (χ0n) is 97.8. The molecular weight excluding hydrogens is 1870 g/mol. The van der Waals surface area contributed by atoms with Gasteiger partial charge in [-0.05, 0) is 315 Å². The highest BCUT2D eigenvalue weighted by atomic mass is 16.6. The van der Waals surface area contributed by atoms with Gasteiger partial charge in [0.2, 0.25) is 0 Å². The topological polar surface area (TPSA) is 272 Å². The van der Waals surface area contributed by atoms with Gasteiger partial charge in [-0.25, -0.2) is 0 Å². The van der Waals surface area contributed by atoms with Gasteiger partial charge in [0.1, 0.15) is 112 Å². The van der Waals surface area contributed by atoms with Gasteiger partial charge in [-0.3, -0.25) is 0 Å². The summed E-state index contributed by atoms with van der Waals surface area (Å²) in [5.74, 6) is 6.56. The first-order valence-electron chi connectivity index (χ1n) is 54.3. The molecule has 1 heterocycles. The number of benzene rings is 4. The van der Waals surface area contributed by atoms with Crippen LogP contribution in [0.1, 0.15) is 292 Å². The van der Waals surface area contributed by atoms with Gasteiger partial charge in [0.15, 0.2) is 11.5 Å². The van der Waals surface area contributed by atoms with Crippen molar-refractivity contribution in [3.05, 3.63) is 115 Å². The predicted molar refractivity (Wildman–Crippen MR) is 587 cm³/mol. The number of hydrogen-bond acceptors (Lipinski definition) is 29. The van der Waals surface area contributed by atoms with Gasteiger partial charge >= 0.3 is 0 Å². The Balaban J connectivity index is 0. The molecule has 0 spiro atoms. The summed E-state index contributed by atoms with van der Waals surface area (Å²) in [5, 5.41) is 0. The summed E-state index contributed by atoms with van der Waals surface area (Å²) in [6.45, 7) is 88.6. The van der Waals surface area contributed by atoms with E-state index in [-0.39, 0.29) is 72.6 Å². The van der Waals surface area contributed by atoms with E-state index < -0.39 is 0 Å². The molecule has 5 aromatic rings. The maximum atomic E-state index is 5.79. The largest absolute Gasteiger partial charge is 0.491 e. The predicted octanol–water partition coefficient (Wildman–Crippen LogP) is 25.0. The maximum Gasteiger partial charge on any atom is 0.199 e. The molecule has 0 atom stereocenters. The van der Waals surface area contributed by atoms with E-state index in [4.69, 9.17) is 137 Å². The highest BCUT2D eigenvalue weighted by Gasteiger charge is 2.25. The molecule has 1 saturated carbocycles. The van der Waals surface area contributed by atoms with Crippen molar-refractivity contribution in [2.45, 2.75) is 396 Å². The maximum absolute atomic E-state index is 5.79. The molecule has 0 bridgehead atoms. The van der Waals surface area contributed by atoms with Crippen LogP contribution in [0, 0.1) is 0 Å². The van der Waals surface area contributed by atoms with E-state index in [1.54, 1.807) is 0 Å². The normalized spacial score (nSPS) is 13.1. The third-order valence-corrected chi connectivity index (χ3v) is 19.2. The summed E-state index contributed by atoms with van der Waals surface area (Å²) in [5.41, 5.74) is 2.36. The van der Waals surface area contributed by atoms with Crippen LogP contribution in [0.25, 0.3) is 0 Å². The van der Waals surface area contributed by atoms with E-state index in [9.17, 15) is 0 Å². The lowest BCUT2D eigenvalue weighted by Crippen LogP contribution is -2.29. The molecule has 0 aliphatic heterocycles. The summed E-state index contributed by atoms with van der Waals surface area (Å²) in [4.78, 5) is 0. The fourth-order valence-electron chi connectivity index (χ4n) is 12.4. The van der Waals surface area contributed by atoms with E-state index in [1.807, 2.05) is 240 Å². The summed E-state index contributed by atoms with van der Waals surface area (Å²) >= 11 is 0. The van der Waals surface area contributed by atoms with Crippen molar-refractivity contribution in [2.75, 3.05) is 192 Å². The van der Waals surface area contributed by atoms with E-state index in [0.29, 0.717) is 243 Å². The number of ether oxygens (including phenoxy) is 28. The van der Waals surface area contributed by atoms with E-state index in [2.05, 4.69) is 93.5 Å². The van der Waals surface area contributed by atoms with Gasteiger partial charge in [-0.2, -0.15) is 0 Å². The number of hydrogen-bond donors (Lipinski definition) is 0. The third-order valence-electron chi connectivity index (χ3n) is 19.2. The number of rotatable bonds is 74. The molecule has 29 nitrogen and oxygen atoms in total. The second kappa shape index (κ2) is 93.4. The summed E-state index contributed by atoms with van der Waals surface area (Å²) in [7, 11) is 0. The highest BCUT2D eigenvalue weighted by Crippen LogP contribution is 2.35. The van der Waals surface area contributed by atoms with Crippen LogP contribution in [0.3, 0.4) is 0 Å². The molecule has 0 radical (unpaired) electrons. The fraction of sp³-hybridized carbons (Fsp3) is 0.761. The standard InChI is InChI=1S/C25H36O4.C21H36O6.C16H26O4.C14H24O5.C12H26O4.C12H24O2.C10H22O2.C7H16O2/c1-19(2)26-15-17-28-23-11-7-21(8-12-23)25(5,6)22-9-13-24(14-10-22)29-18-16-27-20(3)4;1-16(2)22-7-10-25-19-13-20(26-11-8-23-17(3)4)15-21(14-19)27-12-9-24-18(5)6;1-13(2)17-8-10-19-15-6-5-7-16(12-15)20-11-9-18-14(3)4;1-11(2)16-5-7-18-13-9-15-10-14(13)19-8-6-17-12(3)4;1-11(2)15-9-7-13-5-6-14-8-10-16-12(3)4;1-9(2)13-11-5-7-12(8-6-11)14-10(3)4;1-9(2)11-7-5-6-8-12-10(3)4;1-4-8-5-6-9-7(2)3/h7-14,19-20H,15-18H2,1-6H3;13-18H,7-12H2,1-6H3;5-7,12-14H,8-11H2,1-4H3;9-12H,5-8H2,1-4H3;11-12H,5-10H2,1-4H3;9-12H,5-8H2,1-4H3;9-10H,5-8H2,1-4H3;7H,4-6H2,1-3H3. The zero-order valence-corrected chi connectivity index (χ0v) is 97.8. The van der Waals surface area contributed by atoms with Crippen LogP contribution in [-0.4, -0.2) is 301 Å².